The molecule has 6 heteroatoms. The standard InChI is InChI=1S/C13H11ClN4O/c14-9-7-11-12(16-8-9)17-13(19)18(11)6-4-10-3-1-2-5-15-10/h1-3,5,7-8H,4,6H2,(H,16,17,19). The van der Waals surface area contributed by atoms with Crippen LogP contribution in [-0.2, 0) is 13.0 Å². The fourth-order valence-electron chi connectivity index (χ4n) is 1.96. The van der Waals surface area contributed by atoms with Gasteiger partial charge < -0.3 is 5.11 Å². The molecule has 0 spiro atoms. The van der Waals surface area contributed by atoms with Crippen LogP contribution in [0.15, 0.2) is 36.7 Å². The lowest BCUT2D eigenvalue weighted by molar-refractivity contribution is 0.402. The fourth-order valence-corrected chi connectivity index (χ4v) is 2.11. The van der Waals surface area contributed by atoms with E-state index in [0.29, 0.717) is 23.6 Å². The van der Waals surface area contributed by atoms with Crippen LogP contribution in [0.1, 0.15) is 5.69 Å². The molecule has 0 fully saturated rings. The lowest BCUT2D eigenvalue weighted by Gasteiger charge is -2.05. The second kappa shape index (κ2) is 4.85. The number of rotatable bonds is 3. The van der Waals surface area contributed by atoms with Crippen LogP contribution >= 0.6 is 11.6 Å². The van der Waals surface area contributed by atoms with Crippen LogP contribution in [0, 0.1) is 0 Å². The van der Waals surface area contributed by atoms with Crippen molar-refractivity contribution in [2.75, 3.05) is 0 Å². The van der Waals surface area contributed by atoms with Crippen molar-refractivity contribution in [1.82, 2.24) is 19.5 Å². The van der Waals surface area contributed by atoms with Crippen molar-refractivity contribution < 1.29 is 5.11 Å². The number of aromatic nitrogens is 4. The smallest absolute Gasteiger partial charge is 0.296 e. The molecule has 0 saturated carbocycles. The highest BCUT2D eigenvalue weighted by Gasteiger charge is 2.11. The maximum absolute atomic E-state index is 9.85. The Hall–Kier alpha value is -2.14. The van der Waals surface area contributed by atoms with Gasteiger partial charge in [-0.05, 0) is 18.2 Å². The van der Waals surface area contributed by atoms with Gasteiger partial charge in [-0.2, -0.15) is 4.98 Å². The quantitative estimate of drug-likeness (QED) is 0.797. The molecule has 1 N–H and O–H groups in total. The van der Waals surface area contributed by atoms with Crippen molar-refractivity contribution in [3.63, 3.8) is 0 Å². The number of hydrogen-bond donors (Lipinski definition) is 1. The van der Waals surface area contributed by atoms with Gasteiger partial charge in [0.1, 0.15) is 0 Å². The number of fused-ring (bicyclic) bond motifs is 1. The minimum absolute atomic E-state index is 0.0549. The topological polar surface area (TPSA) is 63.8 Å². The second-order valence-corrected chi connectivity index (χ2v) is 4.57. The SMILES string of the molecule is Oc1nc2ncc(Cl)cc2n1CCc1ccccn1. The van der Waals surface area contributed by atoms with E-state index < -0.39 is 0 Å². The Morgan fingerprint density at radius 1 is 1.26 bits per heavy atom. The molecule has 0 radical (unpaired) electrons. The Bertz CT molecular complexity index is 711. The summed E-state index contributed by atoms with van der Waals surface area (Å²) in [4.78, 5) is 12.3. The van der Waals surface area contributed by atoms with Gasteiger partial charge in [0.2, 0.25) is 0 Å². The van der Waals surface area contributed by atoms with Crippen molar-refractivity contribution >= 4 is 22.8 Å². The van der Waals surface area contributed by atoms with E-state index in [2.05, 4.69) is 15.0 Å². The number of aryl methyl sites for hydroxylation is 2. The van der Waals surface area contributed by atoms with E-state index in [1.54, 1.807) is 16.8 Å². The number of imidazole rings is 1. The first-order valence-electron chi connectivity index (χ1n) is 5.85. The largest absolute Gasteiger partial charge is 0.480 e. The zero-order chi connectivity index (χ0) is 13.2. The Labute approximate surface area is 114 Å². The van der Waals surface area contributed by atoms with Gasteiger partial charge in [-0.3, -0.25) is 9.55 Å². The molecule has 0 aliphatic carbocycles. The summed E-state index contributed by atoms with van der Waals surface area (Å²) in [5.74, 6) is 0. The highest BCUT2D eigenvalue weighted by Crippen LogP contribution is 2.22. The van der Waals surface area contributed by atoms with Crippen LogP contribution in [0.4, 0.5) is 0 Å². The number of halogens is 1. The lowest BCUT2D eigenvalue weighted by atomic mass is 10.2. The van der Waals surface area contributed by atoms with Crippen LogP contribution in [0.25, 0.3) is 11.2 Å². The predicted molar refractivity (Wildman–Crippen MR) is 72.1 cm³/mol. The maximum Gasteiger partial charge on any atom is 0.296 e. The Balaban J connectivity index is 1.92. The molecule has 3 aromatic rings. The van der Waals surface area contributed by atoms with E-state index in [1.807, 2.05) is 18.2 Å². The zero-order valence-corrected chi connectivity index (χ0v) is 10.7. The normalized spacial score (nSPS) is 11.0. The molecule has 0 atom stereocenters. The molecule has 0 unspecified atom stereocenters. The first-order valence-corrected chi connectivity index (χ1v) is 6.22. The molecule has 0 saturated heterocycles. The zero-order valence-electron chi connectivity index (χ0n) is 9.99. The van der Waals surface area contributed by atoms with Crippen LogP contribution in [0.2, 0.25) is 5.02 Å². The van der Waals surface area contributed by atoms with Gasteiger partial charge in [-0.25, -0.2) is 4.98 Å². The fraction of sp³-hybridized carbons (Fsp3) is 0.154. The van der Waals surface area contributed by atoms with Gasteiger partial charge in [-0.1, -0.05) is 17.7 Å². The minimum atomic E-state index is -0.0549. The van der Waals surface area contributed by atoms with E-state index in [0.717, 1.165) is 11.2 Å². The molecular formula is C13H11ClN4O. The molecule has 0 aliphatic rings. The van der Waals surface area contributed by atoms with E-state index in [-0.39, 0.29) is 6.01 Å². The molecule has 5 nitrogen and oxygen atoms in total. The highest BCUT2D eigenvalue weighted by molar-refractivity contribution is 6.31. The van der Waals surface area contributed by atoms with Crippen molar-refractivity contribution in [3.05, 3.63) is 47.4 Å². The summed E-state index contributed by atoms with van der Waals surface area (Å²) < 4.78 is 1.68. The predicted octanol–water partition coefficient (Wildman–Crippen LogP) is 2.43. The molecule has 0 aliphatic heterocycles. The third kappa shape index (κ3) is 2.37. The van der Waals surface area contributed by atoms with Gasteiger partial charge >= 0.3 is 0 Å². The average Bonchev–Trinajstić information content (AvgIpc) is 2.73. The number of nitrogens with zero attached hydrogens (tertiary/aromatic N) is 4. The van der Waals surface area contributed by atoms with Gasteiger partial charge in [0, 0.05) is 31.1 Å². The number of pyridine rings is 2. The van der Waals surface area contributed by atoms with Crippen molar-refractivity contribution in [2.45, 2.75) is 13.0 Å². The lowest BCUT2D eigenvalue weighted by Crippen LogP contribution is -2.02. The first kappa shape index (κ1) is 11.9. The van der Waals surface area contributed by atoms with E-state index >= 15 is 0 Å². The second-order valence-electron chi connectivity index (χ2n) is 4.13. The molecular weight excluding hydrogens is 264 g/mol. The van der Waals surface area contributed by atoms with E-state index in [9.17, 15) is 5.11 Å². The van der Waals surface area contributed by atoms with Crippen molar-refractivity contribution in [2.24, 2.45) is 0 Å². The first-order chi connectivity index (χ1) is 9.24. The summed E-state index contributed by atoms with van der Waals surface area (Å²) >= 11 is 5.92. The Morgan fingerprint density at radius 2 is 2.16 bits per heavy atom. The molecule has 3 aromatic heterocycles. The van der Waals surface area contributed by atoms with Gasteiger partial charge in [0.05, 0.1) is 10.5 Å². The van der Waals surface area contributed by atoms with Crippen LogP contribution < -0.4 is 0 Å². The summed E-state index contributed by atoms with van der Waals surface area (Å²) in [5.41, 5.74) is 2.17. The van der Waals surface area contributed by atoms with Gasteiger partial charge in [-0.15, -0.1) is 0 Å². The summed E-state index contributed by atoms with van der Waals surface area (Å²) in [6, 6.07) is 7.45. The average molecular weight is 275 g/mol. The van der Waals surface area contributed by atoms with E-state index in [4.69, 9.17) is 11.6 Å². The van der Waals surface area contributed by atoms with Crippen molar-refractivity contribution in [1.29, 1.82) is 0 Å². The van der Waals surface area contributed by atoms with Crippen LogP contribution in [-0.4, -0.2) is 24.6 Å². The van der Waals surface area contributed by atoms with E-state index in [1.165, 1.54) is 6.20 Å². The van der Waals surface area contributed by atoms with Crippen molar-refractivity contribution in [3.8, 4) is 6.01 Å². The molecule has 0 amide bonds. The molecule has 3 rings (SSSR count). The number of aromatic hydroxyl groups is 1. The van der Waals surface area contributed by atoms with Gasteiger partial charge in [0.15, 0.2) is 5.65 Å². The third-order valence-electron chi connectivity index (χ3n) is 2.87. The van der Waals surface area contributed by atoms with Gasteiger partial charge in [0.25, 0.3) is 6.01 Å². The Morgan fingerprint density at radius 3 is 2.95 bits per heavy atom. The number of hydrogen-bond acceptors (Lipinski definition) is 4. The highest BCUT2D eigenvalue weighted by atomic mass is 35.5. The molecule has 96 valence electrons. The molecule has 0 aromatic carbocycles. The molecule has 0 bridgehead atoms. The van der Waals surface area contributed by atoms with Crippen LogP contribution in [0.3, 0.4) is 0 Å². The third-order valence-corrected chi connectivity index (χ3v) is 3.08. The summed E-state index contributed by atoms with van der Waals surface area (Å²) in [6.45, 7) is 0.571. The molecule has 3 heterocycles. The maximum atomic E-state index is 9.85. The summed E-state index contributed by atoms with van der Waals surface area (Å²) in [6.07, 6.45) is 3.96. The Kier molecular flexibility index (Phi) is 3.05. The summed E-state index contributed by atoms with van der Waals surface area (Å²) in [5, 5.41) is 10.4. The monoisotopic (exact) mass is 274 g/mol. The summed E-state index contributed by atoms with van der Waals surface area (Å²) in [7, 11) is 0. The molecule has 19 heavy (non-hydrogen) atoms. The minimum Gasteiger partial charge on any atom is -0.480 e. The van der Waals surface area contributed by atoms with Crippen LogP contribution in [0.5, 0.6) is 6.01 Å².